The predicted molar refractivity (Wildman–Crippen MR) is 50.2 cm³/mol. The van der Waals surface area contributed by atoms with Crippen molar-refractivity contribution >= 4 is 0 Å². The molecule has 4 nitrogen and oxygen atoms in total. The van der Waals surface area contributed by atoms with Crippen LogP contribution in [0.25, 0.3) is 0 Å². The molecule has 0 spiro atoms. The third-order valence-corrected chi connectivity index (χ3v) is 2.59. The zero-order valence-corrected chi connectivity index (χ0v) is 8.49. The van der Waals surface area contributed by atoms with Crippen molar-refractivity contribution in [3.63, 3.8) is 0 Å². The van der Waals surface area contributed by atoms with Crippen LogP contribution in [-0.4, -0.2) is 31.7 Å². The highest BCUT2D eigenvalue weighted by molar-refractivity contribution is 4.93. The lowest BCUT2D eigenvalue weighted by Gasteiger charge is -2.37. The number of hydrogen-bond donors (Lipinski definition) is 0. The van der Waals surface area contributed by atoms with Crippen LogP contribution in [0.2, 0.25) is 0 Å². The minimum atomic E-state index is 0.233. The summed E-state index contributed by atoms with van der Waals surface area (Å²) < 4.78 is 2.13. The number of aromatic nitrogens is 3. The molecule has 0 fully saturated rings. The highest BCUT2D eigenvalue weighted by atomic mass is 15.3. The SMILES string of the molecule is CC(C)(C)N1CCn2cnnc2C1. The van der Waals surface area contributed by atoms with Gasteiger partial charge in [0.05, 0.1) is 6.54 Å². The van der Waals surface area contributed by atoms with Crippen molar-refractivity contribution in [1.29, 1.82) is 0 Å². The maximum Gasteiger partial charge on any atom is 0.147 e. The molecule has 0 bridgehead atoms. The average Bonchev–Trinajstić information content (AvgIpc) is 2.47. The van der Waals surface area contributed by atoms with Gasteiger partial charge in [0.1, 0.15) is 12.2 Å². The molecule has 0 aromatic carbocycles. The Bertz CT molecular complexity index is 297. The zero-order valence-electron chi connectivity index (χ0n) is 8.49. The van der Waals surface area contributed by atoms with E-state index in [9.17, 15) is 0 Å². The zero-order chi connectivity index (χ0) is 9.47. The first-order valence-electron chi connectivity index (χ1n) is 4.69. The fourth-order valence-corrected chi connectivity index (χ4v) is 1.64. The van der Waals surface area contributed by atoms with Crippen molar-refractivity contribution in [2.45, 2.75) is 39.4 Å². The lowest BCUT2D eigenvalue weighted by atomic mass is 10.1. The lowest BCUT2D eigenvalue weighted by Crippen LogP contribution is -2.45. The fourth-order valence-electron chi connectivity index (χ4n) is 1.64. The van der Waals surface area contributed by atoms with Crippen molar-refractivity contribution in [2.75, 3.05) is 6.54 Å². The van der Waals surface area contributed by atoms with Crippen LogP contribution in [0.5, 0.6) is 0 Å². The van der Waals surface area contributed by atoms with Gasteiger partial charge in [-0.1, -0.05) is 0 Å². The second-order valence-electron chi connectivity index (χ2n) is 4.53. The fraction of sp³-hybridized carbons (Fsp3) is 0.778. The van der Waals surface area contributed by atoms with E-state index >= 15 is 0 Å². The summed E-state index contributed by atoms with van der Waals surface area (Å²) in [5, 5.41) is 8.00. The molecule has 0 amide bonds. The Labute approximate surface area is 78.6 Å². The summed E-state index contributed by atoms with van der Waals surface area (Å²) in [7, 11) is 0. The number of hydrogen-bond acceptors (Lipinski definition) is 3. The van der Waals surface area contributed by atoms with Gasteiger partial charge in [-0.15, -0.1) is 10.2 Å². The van der Waals surface area contributed by atoms with Crippen molar-refractivity contribution < 1.29 is 0 Å². The van der Waals surface area contributed by atoms with E-state index < -0.39 is 0 Å². The summed E-state index contributed by atoms with van der Waals surface area (Å²) in [6, 6.07) is 0. The van der Waals surface area contributed by atoms with Gasteiger partial charge in [-0.05, 0) is 20.8 Å². The summed E-state index contributed by atoms with van der Waals surface area (Å²) in [5.41, 5.74) is 0.233. The van der Waals surface area contributed by atoms with Crippen molar-refractivity contribution in [3.8, 4) is 0 Å². The molecule has 0 saturated heterocycles. The number of rotatable bonds is 0. The molecule has 1 aromatic rings. The first-order valence-corrected chi connectivity index (χ1v) is 4.69. The highest BCUT2D eigenvalue weighted by Gasteiger charge is 2.26. The van der Waals surface area contributed by atoms with E-state index in [1.165, 1.54) is 0 Å². The van der Waals surface area contributed by atoms with Gasteiger partial charge in [-0.25, -0.2) is 0 Å². The number of fused-ring (bicyclic) bond motifs is 1. The molecule has 2 rings (SSSR count). The van der Waals surface area contributed by atoms with E-state index in [0.29, 0.717) is 0 Å². The molecule has 1 aromatic heterocycles. The Kier molecular flexibility index (Phi) is 1.87. The largest absolute Gasteiger partial charge is 0.315 e. The molecule has 0 saturated carbocycles. The summed E-state index contributed by atoms with van der Waals surface area (Å²) in [6.45, 7) is 9.73. The van der Waals surface area contributed by atoms with E-state index in [0.717, 1.165) is 25.5 Å². The van der Waals surface area contributed by atoms with E-state index in [1.807, 2.05) is 6.33 Å². The maximum absolute atomic E-state index is 4.09. The van der Waals surface area contributed by atoms with Gasteiger partial charge >= 0.3 is 0 Å². The number of nitrogens with zero attached hydrogens (tertiary/aromatic N) is 4. The van der Waals surface area contributed by atoms with Crippen LogP contribution in [0.4, 0.5) is 0 Å². The molecule has 0 N–H and O–H groups in total. The summed E-state index contributed by atoms with van der Waals surface area (Å²) in [6.07, 6.45) is 1.81. The van der Waals surface area contributed by atoms with E-state index in [4.69, 9.17) is 0 Å². The average molecular weight is 180 g/mol. The first-order chi connectivity index (χ1) is 6.07. The van der Waals surface area contributed by atoms with Gasteiger partial charge in [0.15, 0.2) is 0 Å². The second kappa shape index (κ2) is 2.80. The van der Waals surface area contributed by atoms with Crippen LogP contribution in [0, 0.1) is 0 Å². The quantitative estimate of drug-likeness (QED) is 0.594. The highest BCUT2D eigenvalue weighted by Crippen LogP contribution is 2.19. The maximum atomic E-state index is 4.09. The van der Waals surface area contributed by atoms with Gasteiger partial charge in [0, 0.05) is 18.6 Å². The summed E-state index contributed by atoms with van der Waals surface area (Å²) in [4.78, 5) is 2.43. The monoisotopic (exact) mass is 180 g/mol. The van der Waals surface area contributed by atoms with Crippen LogP contribution in [0.1, 0.15) is 26.6 Å². The molecule has 13 heavy (non-hydrogen) atoms. The topological polar surface area (TPSA) is 34.0 Å². The molecule has 0 unspecified atom stereocenters. The Morgan fingerprint density at radius 1 is 1.31 bits per heavy atom. The predicted octanol–water partition coefficient (Wildman–Crippen LogP) is 0.892. The summed E-state index contributed by atoms with van der Waals surface area (Å²) >= 11 is 0. The standard InChI is InChI=1S/C9H16N4/c1-9(2,3)13-5-4-12-7-10-11-8(12)6-13/h7H,4-6H2,1-3H3. The van der Waals surface area contributed by atoms with E-state index in [2.05, 4.69) is 40.4 Å². The molecule has 2 heterocycles. The van der Waals surface area contributed by atoms with Crippen molar-refractivity contribution in [2.24, 2.45) is 0 Å². The summed E-state index contributed by atoms with van der Waals surface area (Å²) in [5.74, 6) is 1.08. The smallest absolute Gasteiger partial charge is 0.147 e. The first kappa shape index (κ1) is 8.69. The Balaban J connectivity index is 2.18. The molecule has 0 radical (unpaired) electrons. The Morgan fingerprint density at radius 3 is 2.77 bits per heavy atom. The molecule has 72 valence electrons. The third kappa shape index (κ3) is 1.58. The third-order valence-electron chi connectivity index (χ3n) is 2.59. The second-order valence-corrected chi connectivity index (χ2v) is 4.53. The van der Waals surface area contributed by atoms with E-state index in [-0.39, 0.29) is 5.54 Å². The Morgan fingerprint density at radius 2 is 2.08 bits per heavy atom. The van der Waals surface area contributed by atoms with Gasteiger partial charge in [-0.2, -0.15) is 0 Å². The van der Waals surface area contributed by atoms with Gasteiger partial charge in [-0.3, -0.25) is 4.90 Å². The van der Waals surface area contributed by atoms with Crippen molar-refractivity contribution in [3.05, 3.63) is 12.2 Å². The van der Waals surface area contributed by atoms with E-state index in [1.54, 1.807) is 0 Å². The molecule has 0 atom stereocenters. The minimum Gasteiger partial charge on any atom is -0.315 e. The van der Waals surface area contributed by atoms with Crippen LogP contribution in [0.3, 0.4) is 0 Å². The molecule has 1 aliphatic rings. The van der Waals surface area contributed by atoms with Crippen LogP contribution in [0.15, 0.2) is 6.33 Å². The molecular formula is C9H16N4. The minimum absolute atomic E-state index is 0.233. The van der Waals surface area contributed by atoms with Gasteiger partial charge in [0.25, 0.3) is 0 Å². The van der Waals surface area contributed by atoms with Gasteiger partial charge < -0.3 is 4.57 Å². The normalized spacial score (nSPS) is 18.7. The lowest BCUT2D eigenvalue weighted by molar-refractivity contribution is 0.100. The van der Waals surface area contributed by atoms with Crippen LogP contribution >= 0.6 is 0 Å². The van der Waals surface area contributed by atoms with Crippen molar-refractivity contribution in [1.82, 2.24) is 19.7 Å². The Hall–Kier alpha value is -0.900. The molecule has 1 aliphatic heterocycles. The van der Waals surface area contributed by atoms with Crippen LogP contribution < -0.4 is 0 Å². The molecule has 4 heteroatoms. The van der Waals surface area contributed by atoms with Crippen LogP contribution in [-0.2, 0) is 13.1 Å². The van der Waals surface area contributed by atoms with Gasteiger partial charge in [0.2, 0.25) is 0 Å². The molecule has 0 aliphatic carbocycles. The molecular weight excluding hydrogens is 164 g/mol.